The number of aliphatic imine (C=N–C) groups is 1. The standard InChI is InChI=1S/C20H31F3N4O2S/c1-15-12-17(4-5-18(15)30(3,28)29)13-26-19(24-2)25-9-6-16-7-10-27(11-8-16)14-20(21,22)23/h4-5,12,16H,6-11,13-14H2,1-3H3,(H2,24,25,26). The van der Waals surface area contributed by atoms with Crippen LogP contribution in [0.25, 0.3) is 0 Å². The number of hydrogen-bond donors (Lipinski definition) is 2. The van der Waals surface area contributed by atoms with E-state index in [0.29, 0.717) is 48.5 Å². The van der Waals surface area contributed by atoms with Crippen LogP contribution in [0, 0.1) is 12.8 Å². The lowest BCUT2D eigenvalue weighted by Gasteiger charge is -2.32. The molecule has 0 bridgehead atoms. The number of hydrogen-bond acceptors (Lipinski definition) is 4. The zero-order valence-electron chi connectivity index (χ0n) is 17.7. The summed E-state index contributed by atoms with van der Waals surface area (Å²) >= 11 is 0. The highest BCUT2D eigenvalue weighted by molar-refractivity contribution is 7.90. The first-order valence-corrected chi connectivity index (χ1v) is 11.9. The van der Waals surface area contributed by atoms with Crippen LogP contribution in [0.1, 0.15) is 30.4 Å². The first-order valence-electron chi connectivity index (χ1n) is 10.0. The van der Waals surface area contributed by atoms with E-state index in [2.05, 4.69) is 15.6 Å². The maximum Gasteiger partial charge on any atom is 0.401 e. The lowest BCUT2D eigenvalue weighted by molar-refractivity contribution is -0.148. The number of piperidine rings is 1. The van der Waals surface area contributed by atoms with Crippen LogP contribution in [-0.4, -0.2) is 64.9 Å². The summed E-state index contributed by atoms with van der Waals surface area (Å²) < 4.78 is 60.8. The third-order valence-electron chi connectivity index (χ3n) is 5.28. The summed E-state index contributed by atoms with van der Waals surface area (Å²) in [6.45, 7) is 3.11. The zero-order chi connectivity index (χ0) is 22.4. The Morgan fingerprint density at radius 1 is 1.23 bits per heavy atom. The molecule has 0 aliphatic carbocycles. The van der Waals surface area contributed by atoms with Gasteiger partial charge in [0, 0.05) is 26.4 Å². The number of halogens is 3. The molecule has 0 atom stereocenters. The van der Waals surface area contributed by atoms with Gasteiger partial charge in [-0.25, -0.2) is 8.42 Å². The lowest BCUT2D eigenvalue weighted by Crippen LogP contribution is -2.41. The predicted octanol–water partition coefficient (Wildman–Crippen LogP) is 2.73. The number of sulfone groups is 1. The quantitative estimate of drug-likeness (QED) is 0.496. The van der Waals surface area contributed by atoms with Gasteiger partial charge >= 0.3 is 6.18 Å². The second kappa shape index (κ2) is 10.5. The van der Waals surface area contributed by atoms with Crippen LogP contribution in [0.2, 0.25) is 0 Å². The molecular formula is C20H31F3N4O2S. The molecule has 0 spiro atoms. The number of aryl methyl sites for hydroxylation is 1. The van der Waals surface area contributed by atoms with E-state index in [4.69, 9.17) is 0 Å². The molecule has 2 rings (SSSR count). The van der Waals surface area contributed by atoms with E-state index >= 15 is 0 Å². The van der Waals surface area contributed by atoms with Gasteiger partial charge < -0.3 is 10.6 Å². The number of rotatable bonds is 7. The monoisotopic (exact) mass is 448 g/mol. The van der Waals surface area contributed by atoms with Crippen molar-refractivity contribution in [3.05, 3.63) is 29.3 Å². The van der Waals surface area contributed by atoms with E-state index in [1.807, 2.05) is 6.07 Å². The molecule has 0 aromatic heterocycles. The van der Waals surface area contributed by atoms with Crippen molar-refractivity contribution in [3.63, 3.8) is 0 Å². The minimum Gasteiger partial charge on any atom is -0.356 e. The molecule has 1 saturated heterocycles. The number of nitrogens with zero attached hydrogens (tertiary/aromatic N) is 2. The molecule has 1 aliphatic rings. The van der Waals surface area contributed by atoms with Crippen LogP contribution in [0.5, 0.6) is 0 Å². The van der Waals surface area contributed by atoms with Gasteiger partial charge in [0.25, 0.3) is 0 Å². The molecule has 10 heteroatoms. The van der Waals surface area contributed by atoms with Crippen molar-refractivity contribution in [1.82, 2.24) is 15.5 Å². The largest absolute Gasteiger partial charge is 0.401 e. The Morgan fingerprint density at radius 3 is 2.43 bits per heavy atom. The predicted molar refractivity (Wildman–Crippen MR) is 112 cm³/mol. The molecule has 30 heavy (non-hydrogen) atoms. The summed E-state index contributed by atoms with van der Waals surface area (Å²) in [6, 6.07) is 5.23. The van der Waals surface area contributed by atoms with Crippen molar-refractivity contribution in [1.29, 1.82) is 0 Å². The molecule has 0 radical (unpaired) electrons. The maximum atomic E-state index is 12.5. The van der Waals surface area contributed by atoms with Gasteiger partial charge in [0.2, 0.25) is 0 Å². The van der Waals surface area contributed by atoms with Crippen molar-refractivity contribution < 1.29 is 21.6 Å². The zero-order valence-corrected chi connectivity index (χ0v) is 18.5. The molecule has 1 fully saturated rings. The van der Waals surface area contributed by atoms with Crippen molar-refractivity contribution >= 4 is 15.8 Å². The first kappa shape index (κ1) is 24.5. The average Bonchev–Trinajstić information content (AvgIpc) is 2.63. The van der Waals surface area contributed by atoms with E-state index in [-0.39, 0.29) is 0 Å². The van der Waals surface area contributed by atoms with Crippen molar-refractivity contribution in [2.75, 3.05) is 39.5 Å². The smallest absolute Gasteiger partial charge is 0.356 e. The van der Waals surface area contributed by atoms with Gasteiger partial charge in [-0.15, -0.1) is 0 Å². The molecule has 0 unspecified atom stereocenters. The highest BCUT2D eigenvalue weighted by Crippen LogP contribution is 2.24. The summed E-state index contributed by atoms with van der Waals surface area (Å²) in [7, 11) is -1.57. The van der Waals surface area contributed by atoms with Crippen molar-refractivity contribution in [3.8, 4) is 0 Å². The summed E-state index contributed by atoms with van der Waals surface area (Å²) in [5.74, 6) is 1.04. The second-order valence-corrected chi connectivity index (χ2v) is 9.83. The van der Waals surface area contributed by atoms with Gasteiger partial charge in [-0.2, -0.15) is 13.2 Å². The van der Waals surface area contributed by atoms with Crippen LogP contribution in [0.4, 0.5) is 13.2 Å². The minimum atomic E-state index is -4.13. The van der Waals surface area contributed by atoms with Crippen LogP contribution < -0.4 is 10.6 Å². The molecule has 6 nitrogen and oxygen atoms in total. The van der Waals surface area contributed by atoms with Crippen LogP contribution in [-0.2, 0) is 16.4 Å². The van der Waals surface area contributed by atoms with Gasteiger partial charge in [-0.1, -0.05) is 12.1 Å². The van der Waals surface area contributed by atoms with Gasteiger partial charge in [0.1, 0.15) is 0 Å². The molecule has 1 aliphatic heterocycles. The molecule has 0 saturated carbocycles. The van der Waals surface area contributed by atoms with Gasteiger partial charge in [0.05, 0.1) is 11.4 Å². The average molecular weight is 449 g/mol. The summed E-state index contributed by atoms with van der Waals surface area (Å²) in [5.41, 5.74) is 1.65. The molecule has 0 amide bonds. The third-order valence-corrected chi connectivity index (χ3v) is 6.53. The minimum absolute atomic E-state index is 0.329. The second-order valence-electron chi connectivity index (χ2n) is 7.85. The fourth-order valence-corrected chi connectivity index (χ4v) is 4.68. The van der Waals surface area contributed by atoms with E-state index in [0.717, 1.165) is 24.8 Å². The van der Waals surface area contributed by atoms with E-state index in [9.17, 15) is 21.6 Å². The normalized spacial score (nSPS) is 17.2. The van der Waals surface area contributed by atoms with Crippen LogP contribution in [0.3, 0.4) is 0 Å². The van der Waals surface area contributed by atoms with Crippen LogP contribution in [0.15, 0.2) is 28.1 Å². The number of alkyl halides is 3. The third kappa shape index (κ3) is 8.14. The lowest BCUT2D eigenvalue weighted by atomic mass is 9.93. The summed E-state index contributed by atoms with van der Waals surface area (Å²) in [4.78, 5) is 5.99. The van der Waals surface area contributed by atoms with Gasteiger partial charge in [-0.3, -0.25) is 9.89 Å². The molecule has 1 aromatic rings. The van der Waals surface area contributed by atoms with E-state index in [1.165, 1.54) is 11.2 Å². The molecule has 1 aromatic carbocycles. The Morgan fingerprint density at radius 2 is 1.90 bits per heavy atom. The maximum absolute atomic E-state index is 12.5. The summed E-state index contributed by atoms with van der Waals surface area (Å²) in [6.07, 6.45) is -0.510. The number of likely N-dealkylation sites (tertiary alicyclic amines) is 1. The molecule has 2 N–H and O–H groups in total. The van der Waals surface area contributed by atoms with E-state index in [1.54, 1.807) is 26.1 Å². The van der Waals surface area contributed by atoms with Crippen molar-refractivity contribution in [2.45, 2.75) is 43.8 Å². The Hall–Kier alpha value is -1.81. The first-order chi connectivity index (χ1) is 14.0. The van der Waals surface area contributed by atoms with Gasteiger partial charge in [-0.05, 0) is 62.4 Å². The number of nitrogens with one attached hydrogen (secondary N) is 2. The highest BCUT2D eigenvalue weighted by atomic mass is 32.2. The fourth-order valence-electron chi connectivity index (χ4n) is 3.73. The number of guanidine groups is 1. The molecule has 170 valence electrons. The summed E-state index contributed by atoms with van der Waals surface area (Å²) in [5, 5.41) is 6.43. The van der Waals surface area contributed by atoms with Crippen LogP contribution >= 0.6 is 0 Å². The number of benzene rings is 1. The Kier molecular flexibility index (Phi) is 8.54. The SMILES string of the molecule is CN=C(NCCC1CCN(CC(F)(F)F)CC1)NCc1ccc(S(C)(=O)=O)c(C)c1. The highest BCUT2D eigenvalue weighted by Gasteiger charge is 2.32. The topological polar surface area (TPSA) is 73.8 Å². The Balaban J connectivity index is 1.73. The van der Waals surface area contributed by atoms with Gasteiger partial charge in [0.15, 0.2) is 15.8 Å². The molecule has 1 heterocycles. The van der Waals surface area contributed by atoms with E-state index < -0.39 is 22.6 Å². The molecular weight excluding hydrogens is 417 g/mol. The fraction of sp³-hybridized carbons (Fsp3) is 0.650. The Bertz CT molecular complexity index is 833. The Labute approximate surface area is 176 Å². The van der Waals surface area contributed by atoms with Crippen molar-refractivity contribution in [2.24, 2.45) is 10.9 Å².